The van der Waals surface area contributed by atoms with Crippen LogP contribution < -0.4 is 0 Å². The summed E-state index contributed by atoms with van der Waals surface area (Å²) in [5.41, 5.74) is 2.31. The first-order chi connectivity index (χ1) is 8.31. The number of ether oxygens (including phenoxy) is 2. The Labute approximate surface area is 103 Å². The number of hydrogen-bond donors (Lipinski definition) is 0. The highest BCUT2D eigenvalue weighted by atomic mass is 16.5. The Kier molecular flexibility index (Phi) is 4.13. The molecule has 1 aromatic carbocycles. The largest absolute Gasteiger partial charge is 0.371 e. The van der Waals surface area contributed by atoms with Gasteiger partial charge in [0.05, 0.1) is 19.3 Å². The van der Waals surface area contributed by atoms with Crippen molar-refractivity contribution in [2.24, 2.45) is 0 Å². The van der Waals surface area contributed by atoms with Gasteiger partial charge in [0.25, 0.3) is 0 Å². The molecule has 90 valence electrons. The molecular formula is C15H18O2. The molecule has 0 fully saturated rings. The Bertz CT molecular complexity index is 395. The molecule has 1 aromatic rings. The molecule has 2 nitrogen and oxygen atoms in total. The van der Waals surface area contributed by atoms with Crippen LogP contribution >= 0.6 is 0 Å². The fourth-order valence-corrected chi connectivity index (χ4v) is 1.96. The summed E-state index contributed by atoms with van der Waals surface area (Å²) in [7, 11) is 0. The average Bonchev–Trinajstić information content (AvgIpc) is 2.85. The van der Waals surface area contributed by atoms with Crippen molar-refractivity contribution in [2.75, 3.05) is 6.61 Å². The molecule has 2 heteroatoms. The lowest BCUT2D eigenvalue weighted by molar-refractivity contribution is -0.0373. The first-order valence-electron chi connectivity index (χ1n) is 5.91. The molecule has 0 bridgehead atoms. The van der Waals surface area contributed by atoms with Crippen molar-refractivity contribution >= 4 is 0 Å². The fourth-order valence-electron chi connectivity index (χ4n) is 1.96. The molecule has 0 spiro atoms. The lowest BCUT2D eigenvalue weighted by Gasteiger charge is -2.21. The maximum atomic E-state index is 5.83. The summed E-state index contributed by atoms with van der Waals surface area (Å²) in [6.07, 6.45) is 3.97. The molecule has 0 unspecified atom stereocenters. The van der Waals surface area contributed by atoms with Gasteiger partial charge in [0.2, 0.25) is 0 Å². The Morgan fingerprint density at radius 3 is 2.94 bits per heavy atom. The van der Waals surface area contributed by atoms with Gasteiger partial charge in [-0.15, -0.1) is 0 Å². The van der Waals surface area contributed by atoms with E-state index in [0.29, 0.717) is 13.2 Å². The predicted molar refractivity (Wildman–Crippen MR) is 68.7 cm³/mol. The van der Waals surface area contributed by atoms with Crippen LogP contribution in [0.2, 0.25) is 0 Å². The Morgan fingerprint density at radius 1 is 1.47 bits per heavy atom. The molecule has 1 heterocycles. The highest BCUT2D eigenvalue weighted by Gasteiger charge is 2.24. The molecule has 0 aromatic heterocycles. The zero-order valence-corrected chi connectivity index (χ0v) is 10.1. The van der Waals surface area contributed by atoms with Gasteiger partial charge in [-0.05, 0) is 18.1 Å². The van der Waals surface area contributed by atoms with E-state index in [4.69, 9.17) is 9.47 Å². The van der Waals surface area contributed by atoms with Crippen LogP contribution in [0.15, 0.2) is 54.6 Å². The monoisotopic (exact) mass is 230 g/mol. The van der Waals surface area contributed by atoms with Crippen LogP contribution in [-0.2, 0) is 16.1 Å². The second-order valence-electron chi connectivity index (χ2n) is 4.16. The zero-order chi connectivity index (χ0) is 12.1. The van der Waals surface area contributed by atoms with Crippen LogP contribution in [0, 0.1) is 0 Å². The van der Waals surface area contributed by atoms with E-state index < -0.39 is 0 Å². The van der Waals surface area contributed by atoms with Crippen molar-refractivity contribution in [2.45, 2.75) is 25.7 Å². The van der Waals surface area contributed by atoms with Crippen LogP contribution in [-0.4, -0.2) is 18.8 Å². The molecule has 17 heavy (non-hydrogen) atoms. The van der Waals surface area contributed by atoms with Gasteiger partial charge in [0.1, 0.15) is 6.10 Å². The summed E-state index contributed by atoms with van der Waals surface area (Å²) in [6.45, 7) is 7.10. The van der Waals surface area contributed by atoms with Gasteiger partial charge >= 0.3 is 0 Å². The van der Waals surface area contributed by atoms with Crippen LogP contribution in [0.25, 0.3) is 0 Å². The van der Waals surface area contributed by atoms with Crippen molar-refractivity contribution in [3.63, 3.8) is 0 Å². The van der Waals surface area contributed by atoms with Crippen LogP contribution in [0.5, 0.6) is 0 Å². The van der Waals surface area contributed by atoms with Crippen molar-refractivity contribution in [1.29, 1.82) is 0 Å². The average molecular weight is 230 g/mol. The third-order valence-electron chi connectivity index (χ3n) is 2.94. The molecule has 0 aliphatic carbocycles. The third-order valence-corrected chi connectivity index (χ3v) is 2.94. The minimum atomic E-state index is 0.0243. The summed E-state index contributed by atoms with van der Waals surface area (Å²) in [4.78, 5) is 0. The summed E-state index contributed by atoms with van der Waals surface area (Å²) in [6, 6.07) is 10.2. The van der Waals surface area contributed by atoms with Crippen LogP contribution in [0.1, 0.15) is 12.5 Å². The van der Waals surface area contributed by atoms with E-state index in [1.54, 1.807) is 0 Å². The fraction of sp³-hybridized carbons (Fsp3) is 0.333. The Balaban J connectivity index is 1.87. The van der Waals surface area contributed by atoms with E-state index in [2.05, 4.69) is 24.8 Å². The van der Waals surface area contributed by atoms with Crippen LogP contribution in [0.3, 0.4) is 0 Å². The normalized spacial score (nSPS) is 21.0. The maximum absolute atomic E-state index is 5.83. The SMILES string of the molecule is C=CC1=CCO[C@@H]1[C@H](C)OCc1ccccc1. The van der Waals surface area contributed by atoms with Gasteiger partial charge in [-0.1, -0.05) is 49.1 Å². The highest BCUT2D eigenvalue weighted by molar-refractivity contribution is 5.25. The second-order valence-corrected chi connectivity index (χ2v) is 4.16. The second kappa shape index (κ2) is 5.80. The van der Waals surface area contributed by atoms with Gasteiger partial charge in [0.15, 0.2) is 0 Å². The van der Waals surface area contributed by atoms with Crippen molar-refractivity contribution in [3.05, 3.63) is 60.2 Å². The molecule has 1 aliphatic heterocycles. The van der Waals surface area contributed by atoms with E-state index in [1.807, 2.05) is 31.2 Å². The van der Waals surface area contributed by atoms with Crippen molar-refractivity contribution in [1.82, 2.24) is 0 Å². The van der Waals surface area contributed by atoms with E-state index in [-0.39, 0.29) is 12.2 Å². The molecule has 0 saturated carbocycles. The molecule has 1 aliphatic rings. The molecule has 0 saturated heterocycles. The molecule has 0 N–H and O–H groups in total. The quantitative estimate of drug-likeness (QED) is 0.773. The number of benzene rings is 1. The van der Waals surface area contributed by atoms with E-state index >= 15 is 0 Å². The Hall–Kier alpha value is -1.38. The molecular weight excluding hydrogens is 212 g/mol. The number of hydrogen-bond acceptors (Lipinski definition) is 2. The first-order valence-corrected chi connectivity index (χ1v) is 5.91. The Morgan fingerprint density at radius 2 is 2.24 bits per heavy atom. The van der Waals surface area contributed by atoms with Crippen LogP contribution in [0.4, 0.5) is 0 Å². The lowest BCUT2D eigenvalue weighted by Crippen LogP contribution is -2.27. The third kappa shape index (κ3) is 3.05. The lowest BCUT2D eigenvalue weighted by atomic mass is 10.1. The summed E-state index contributed by atoms with van der Waals surface area (Å²) in [5.74, 6) is 0. The number of rotatable bonds is 5. The molecule has 0 amide bonds. The van der Waals surface area contributed by atoms with Gasteiger partial charge in [-0.2, -0.15) is 0 Å². The highest BCUT2D eigenvalue weighted by Crippen LogP contribution is 2.21. The van der Waals surface area contributed by atoms with E-state index in [1.165, 1.54) is 5.56 Å². The molecule has 2 rings (SSSR count). The standard InChI is InChI=1S/C15H18O2/c1-3-14-9-10-16-15(14)12(2)17-11-13-7-5-4-6-8-13/h3-9,12,15H,1,10-11H2,2H3/t12-,15+/m0/s1. The van der Waals surface area contributed by atoms with Gasteiger partial charge < -0.3 is 9.47 Å². The first kappa shape index (κ1) is 12.1. The summed E-state index contributed by atoms with van der Waals surface area (Å²) < 4.78 is 11.4. The van der Waals surface area contributed by atoms with Gasteiger partial charge in [-0.3, -0.25) is 0 Å². The van der Waals surface area contributed by atoms with E-state index in [9.17, 15) is 0 Å². The molecule has 0 radical (unpaired) electrons. The minimum absolute atomic E-state index is 0.0243. The minimum Gasteiger partial charge on any atom is -0.371 e. The van der Waals surface area contributed by atoms with Crippen molar-refractivity contribution < 1.29 is 9.47 Å². The van der Waals surface area contributed by atoms with Gasteiger partial charge in [0, 0.05) is 0 Å². The van der Waals surface area contributed by atoms with Crippen molar-refractivity contribution in [3.8, 4) is 0 Å². The summed E-state index contributed by atoms with van der Waals surface area (Å²) in [5, 5.41) is 0. The van der Waals surface area contributed by atoms with Gasteiger partial charge in [-0.25, -0.2) is 0 Å². The van der Waals surface area contributed by atoms with E-state index in [0.717, 1.165) is 5.57 Å². The smallest absolute Gasteiger partial charge is 0.109 e. The molecule has 2 atom stereocenters. The summed E-state index contributed by atoms with van der Waals surface area (Å²) >= 11 is 0. The maximum Gasteiger partial charge on any atom is 0.109 e. The zero-order valence-electron chi connectivity index (χ0n) is 10.1. The topological polar surface area (TPSA) is 18.5 Å². The predicted octanol–water partition coefficient (Wildman–Crippen LogP) is 3.10.